The van der Waals surface area contributed by atoms with Gasteiger partial charge in [0.1, 0.15) is 0 Å². The van der Waals surface area contributed by atoms with E-state index in [9.17, 15) is 4.79 Å². The highest BCUT2D eigenvalue weighted by molar-refractivity contribution is 9.10. The summed E-state index contributed by atoms with van der Waals surface area (Å²) >= 11 is 3.37. The summed E-state index contributed by atoms with van der Waals surface area (Å²) in [5.74, 6) is 0.325. The highest BCUT2D eigenvalue weighted by Gasteiger charge is 2.16. The van der Waals surface area contributed by atoms with Gasteiger partial charge in [-0.1, -0.05) is 25.5 Å². The average molecular weight is 309 g/mol. The number of hydrogen-bond acceptors (Lipinski definition) is 2. The monoisotopic (exact) mass is 308 g/mol. The molecule has 4 heteroatoms. The summed E-state index contributed by atoms with van der Waals surface area (Å²) in [6.07, 6.45) is 4.60. The van der Waals surface area contributed by atoms with Crippen molar-refractivity contribution in [3.8, 4) is 0 Å². The van der Waals surface area contributed by atoms with Gasteiger partial charge in [-0.15, -0.1) is 0 Å². The number of rotatable bonds is 2. The minimum Gasteiger partial charge on any atom is -0.267 e. The zero-order valence-electron chi connectivity index (χ0n) is 10.4. The maximum Gasteiger partial charge on any atom is 0.272 e. The van der Waals surface area contributed by atoms with E-state index in [-0.39, 0.29) is 5.91 Å². The van der Waals surface area contributed by atoms with Gasteiger partial charge in [-0.3, -0.25) is 4.79 Å². The van der Waals surface area contributed by atoms with Crippen LogP contribution in [0.25, 0.3) is 0 Å². The number of nitrogens with zero attached hydrogens (tertiary/aromatic N) is 1. The van der Waals surface area contributed by atoms with Gasteiger partial charge >= 0.3 is 0 Å². The largest absolute Gasteiger partial charge is 0.272 e. The second kappa shape index (κ2) is 6.14. The summed E-state index contributed by atoms with van der Waals surface area (Å²) in [6.45, 7) is 2.17. The number of hydrogen-bond donors (Lipinski definition) is 1. The van der Waals surface area contributed by atoms with Crippen LogP contribution in [0.15, 0.2) is 33.8 Å². The van der Waals surface area contributed by atoms with Crippen molar-refractivity contribution >= 4 is 27.5 Å². The van der Waals surface area contributed by atoms with E-state index in [4.69, 9.17) is 0 Å². The third kappa shape index (κ3) is 3.19. The van der Waals surface area contributed by atoms with E-state index in [1.807, 2.05) is 18.2 Å². The fourth-order valence-electron chi connectivity index (χ4n) is 2.16. The molecule has 0 spiro atoms. The van der Waals surface area contributed by atoms with E-state index in [1.165, 1.54) is 19.3 Å². The summed E-state index contributed by atoms with van der Waals surface area (Å²) in [4.78, 5) is 12.0. The Labute approximate surface area is 116 Å². The fourth-order valence-corrected chi connectivity index (χ4v) is 2.63. The lowest BCUT2D eigenvalue weighted by molar-refractivity contribution is 0.0953. The third-order valence-electron chi connectivity index (χ3n) is 3.31. The van der Waals surface area contributed by atoms with Gasteiger partial charge in [0.25, 0.3) is 5.91 Å². The Bertz CT molecular complexity index is 471. The Hall–Kier alpha value is -1.16. The lowest BCUT2D eigenvalue weighted by Gasteiger charge is -2.19. The number of nitrogens with one attached hydrogen (secondary N) is 1. The molecule has 1 atom stereocenters. The van der Waals surface area contributed by atoms with Gasteiger partial charge in [-0.2, -0.15) is 5.10 Å². The Morgan fingerprint density at radius 1 is 1.39 bits per heavy atom. The van der Waals surface area contributed by atoms with Crippen LogP contribution in [0.4, 0.5) is 0 Å². The summed E-state index contributed by atoms with van der Waals surface area (Å²) in [6, 6.07) is 7.36. The van der Waals surface area contributed by atoms with Crippen LogP contribution >= 0.6 is 15.9 Å². The topological polar surface area (TPSA) is 41.5 Å². The van der Waals surface area contributed by atoms with E-state index in [0.29, 0.717) is 11.5 Å². The van der Waals surface area contributed by atoms with Crippen LogP contribution in [0.1, 0.15) is 43.0 Å². The van der Waals surface area contributed by atoms with Crippen molar-refractivity contribution in [3.05, 3.63) is 34.3 Å². The van der Waals surface area contributed by atoms with E-state index >= 15 is 0 Å². The van der Waals surface area contributed by atoms with Crippen LogP contribution in [-0.4, -0.2) is 11.6 Å². The first-order chi connectivity index (χ1) is 8.68. The summed E-state index contributed by atoms with van der Waals surface area (Å²) in [5.41, 5.74) is 4.39. The van der Waals surface area contributed by atoms with Crippen LogP contribution < -0.4 is 5.43 Å². The quantitative estimate of drug-likeness (QED) is 0.831. The van der Waals surface area contributed by atoms with E-state index < -0.39 is 0 Å². The molecule has 0 heterocycles. The minimum atomic E-state index is -0.159. The first kappa shape index (κ1) is 13.3. The molecule has 1 aromatic rings. The Balaban J connectivity index is 2.04. The van der Waals surface area contributed by atoms with Crippen molar-refractivity contribution in [2.75, 3.05) is 0 Å². The molecule has 0 bridgehead atoms. The Morgan fingerprint density at radius 2 is 2.17 bits per heavy atom. The third-order valence-corrected chi connectivity index (χ3v) is 4.00. The standard InChI is InChI=1S/C14H17BrN2O/c1-10-6-2-5-9-13(10)16-17-14(18)11-7-3-4-8-12(11)15/h3-4,7-8,10H,2,5-6,9H2,1H3,(H,17,18)/b16-13+. The molecule has 0 aromatic heterocycles. The molecule has 1 aliphatic carbocycles. The highest BCUT2D eigenvalue weighted by atomic mass is 79.9. The van der Waals surface area contributed by atoms with Crippen molar-refractivity contribution in [3.63, 3.8) is 0 Å². The van der Waals surface area contributed by atoms with Crippen molar-refractivity contribution < 1.29 is 4.79 Å². The summed E-state index contributed by atoms with van der Waals surface area (Å²) in [7, 11) is 0. The van der Waals surface area contributed by atoms with Crippen molar-refractivity contribution in [2.24, 2.45) is 11.0 Å². The van der Waals surface area contributed by atoms with Gasteiger partial charge in [-0.05, 0) is 53.2 Å². The van der Waals surface area contributed by atoms with E-state index in [0.717, 1.165) is 16.6 Å². The predicted octanol–water partition coefficient (Wildman–Crippen LogP) is 3.75. The zero-order valence-corrected chi connectivity index (χ0v) is 12.0. The molecule has 1 aromatic carbocycles. The molecule has 2 rings (SSSR count). The van der Waals surface area contributed by atoms with Crippen LogP contribution in [0, 0.1) is 5.92 Å². The molecule has 1 aliphatic rings. The smallest absolute Gasteiger partial charge is 0.267 e. The number of carbonyl (C=O) groups excluding carboxylic acids is 1. The molecule has 0 aliphatic heterocycles. The highest BCUT2D eigenvalue weighted by Crippen LogP contribution is 2.21. The molecule has 1 unspecified atom stereocenters. The van der Waals surface area contributed by atoms with Crippen molar-refractivity contribution in [2.45, 2.75) is 32.6 Å². The van der Waals surface area contributed by atoms with E-state index in [2.05, 4.69) is 33.4 Å². The predicted molar refractivity (Wildman–Crippen MR) is 76.7 cm³/mol. The van der Waals surface area contributed by atoms with Gasteiger partial charge in [0.05, 0.1) is 5.56 Å². The summed E-state index contributed by atoms with van der Waals surface area (Å²) in [5, 5.41) is 4.28. The number of carbonyl (C=O) groups is 1. The van der Waals surface area contributed by atoms with Crippen LogP contribution in [0.5, 0.6) is 0 Å². The molecular formula is C14H17BrN2O. The first-order valence-electron chi connectivity index (χ1n) is 6.30. The van der Waals surface area contributed by atoms with Crippen molar-refractivity contribution in [1.82, 2.24) is 5.43 Å². The second-order valence-electron chi connectivity index (χ2n) is 4.67. The molecule has 96 valence electrons. The van der Waals surface area contributed by atoms with Gasteiger partial charge < -0.3 is 0 Å². The molecule has 1 amide bonds. The fraction of sp³-hybridized carbons (Fsp3) is 0.429. The number of halogens is 1. The van der Waals surface area contributed by atoms with Crippen LogP contribution in [0.2, 0.25) is 0 Å². The SMILES string of the molecule is CC1CCCC/C1=N\NC(=O)c1ccccc1Br. The van der Waals surface area contributed by atoms with Crippen LogP contribution in [-0.2, 0) is 0 Å². The molecule has 0 radical (unpaired) electrons. The van der Waals surface area contributed by atoms with Gasteiger partial charge in [0, 0.05) is 10.2 Å². The number of hydrazone groups is 1. The molecule has 1 saturated carbocycles. The van der Waals surface area contributed by atoms with Gasteiger partial charge in [0.15, 0.2) is 0 Å². The molecule has 3 nitrogen and oxygen atoms in total. The zero-order chi connectivity index (χ0) is 13.0. The number of benzene rings is 1. The van der Waals surface area contributed by atoms with Gasteiger partial charge in [-0.25, -0.2) is 5.43 Å². The molecule has 1 N–H and O–H groups in total. The lowest BCUT2D eigenvalue weighted by Crippen LogP contribution is -2.24. The number of amides is 1. The summed E-state index contributed by atoms with van der Waals surface area (Å²) < 4.78 is 0.791. The maximum atomic E-state index is 12.0. The van der Waals surface area contributed by atoms with Gasteiger partial charge in [0.2, 0.25) is 0 Å². The Morgan fingerprint density at radius 3 is 2.89 bits per heavy atom. The molecule has 18 heavy (non-hydrogen) atoms. The van der Waals surface area contributed by atoms with Crippen LogP contribution in [0.3, 0.4) is 0 Å². The normalized spacial score (nSPS) is 21.9. The maximum absolute atomic E-state index is 12.0. The molecule has 0 saturated heterocycles. The second-order valence-corrected chi connectivity index (χ2v) is 5.53. The lowest BCUT2D eigenvalue weighted by atomic mass is 9.89. The minimum absolute atomic E-state index is 0.159. The molecule has 1 fully saturated rings. The molecular weight excluding hydrogens is 292 g/mol. The van der Waals surface area contributed by atoms with Crippen molar-refractivity contribution in [1.29, 1.82) is 0 Å². The van der Waals surface area contributed by atoms with E-state index in [1.54, 1.807) is 6.07 Å². The Kier molecular flexibility index (Phi) is 4.53. The average Bonchev–Trinajstić information content (AvgIpc) is 2.38. The first-order valence-corrected chi connectivity index (χ1v) is 7.09.